The Hall–Kier alpha value is -3.54. The molecule has 0 fully saturated rings. The maximum Gasteiger partial charge on any atom is 0.338 e. The minimum Gasteiger partial charge on any atom is -0.459 e. The highest BCUT2D eigenvalue weighted by atomic mass is 19.1. The maximum absolute atomic E-state index is 13.3. The fourth-order valence-corrected chi connectivity index (χ4v) is 3.19. The molecule has 0 bridgehead atoms. The summed E-state index contributed by atoms with van der Waals surface area (Å²) in [5.74, 6) is -1.08. The van der Waals surface area contributed by atoms with Gasteiger partial charge in [-0.15, -0.1) is 0 Å². The average molecular weight is 467 g/mol. The second kappa shape index (κ2) is 12.1. The number of benzene rings is 3. The summed E-state index contributed by atoms with van der Waals surface area (Å²) in [6.45, 7) is 2.92. The molecule has 3 aromatic carbocycles. The van der Waals surface area contributed by atoms with Gasteiger partial charge in [0.2, 0.25) is 0 Å². The number of hydrogen-bond donors (Lipinski definition) is 0. The van der Waals surface area contributed by atoms with Crippen molar-refractivity contribution >= 4 is 11.9 Å². The molecule has 0 spiro atoms. The van der Waals surface area contributed by atoms with Crippen LogP contribution in [-0.2, 0) is 9.47 Å². The van der Waals surface area contributed by atoms with Crippen LogP contribution < -0.4 is 0 Å². The van der Waals surface area contributed by atoms with Gasteiger partial charge in [-0.2, -0.15) is 0 Å². The second-order valence-corrected chi connectivity index (χ2v) is 7.94. The molecule has 3 rings (SSSR count). The molecular weight excluding hydrogens is 438 g/mol. The molecule has 0 aliphatic heterocycles. The molecule has 6 heteroatoms. The molecule has 178 valence electrons. The highest BCUT2D eigenvalue weighted by Gasteiger charge is 2.12. The van der Waals surface area contributed by atoms with Crippen LogP contribution in [0, 0.1) is 0 Å². The van der Waals surface area contributed by atoms with Crippen LogP contribution in [0.4, 0.5) is 8.78 Å². The largest absolute Gasteiger partial charge is 0.459 e. The number of esters is 2. The first kappa shape index (κ1) is 25.1. The van der Waals surface area contributed by atoms with Crippen LogP contribution in [0.3, 0.4) is 0 Å². The Labute approximate surface area is 198 Å². The molecule has 3 aromatic rings. The normalized spacial score (nSPS) is 12.6. The number of hydrogen-bond acceptors (Lipinski definition) is 4. The third kappa shape index (κ3) is 6.73. The van der Waals surface area contributed by atoms with Crippen molar-refractivity contribution in [3.8, 4) is 22.3 Å². The quantitative estimate of drug-likeness (QED) is 0.307. The minimum absolute atomic E-state index is 0.238. The molecule has 2 atom stereocenters. The zero-order valence-electron chi connectivity index (χ0n) is 19.3. The minimum atomic E-state index is -1.15. The van der Waals surface area contributed by atoms with Crippen molar-refractivity contribution in [3.63, 3.8) is 0 Å². The molecule has 0 aliphatic carbocycles. The van der Waals surface area contributed by atoms with Crippen molar-refractivity contribution in [3.05, 3.63) is 83.9 Å². The number of halogens is 2. The van der Waals surface area contributed by atoms with E-state index in [-0.39, 0.29) is 13.2 Å². The van der Waals surface area contributed by atoms with Crippen LogP contribution in [0.2, 0.25) is 0 Å². The summed E-state index contributed by atoms with van der Waals surface area (Å²) < 4.78 is 36.5. The summed E-state index contributed by atoms with van der Waals surface area (Å²) in [5.41, 5.74) is 4.54. The fraction of sp³-hybridized carbons (Fsp3) is 0.286. The van der Waals surface area contributed by atoms with Gasteiger partial charge in [-0.25, -0.2) is 18.4 Å². The van der Waals surface area contributed by atoms with Gasteiger partial charge in [0.1, 0.15) is 25.6 Å². The zero-order chi connectivity index (χ0) is 24.5. The lowest BCUT2D eigenvalue weighted by Gasteiger charge is -2.09. The van der Waals surface area contributed by atoms with E-state index in [1.807, 2.05) is 48.5 Å². The highest BCUT2D eigenvalue weighted by Crippen LogP contribution is 2.26. The van der Waals surface area contributed by atoms with Crippen molar-refractivity contribution in [2.45, 2.75) is 39.0 Å². The maximum atomic E-state index is 13.3. The number of ether oxygens (including phenoxy) is 2. The molecule has 0 heterocycles. The van der Waals surface area contributed by atoms with Gasteiger partial charge in [0.05, 0.1) is 11.1 Å². The van der Waals surface area contributed by atoms with Crippen LogP contribution in [-0.4, -0.2) is 37.5 Å². The average Bonchev–Trinajstić information content (AvgIpc) is 2.90. The van der Waals surface area contributed by atoms with Crippen LogP contribution in [0.15, 0.2) is 72.8 Å². The van der Waals surface area contributed by atoms with Crippen molar-refractivity contribution in [2.75, 3.05) is 13.2 Å². The summed E-state index contributed by atoms with van der Waals surface area (Å²) in [7, 11) is 0. The van der Waals surface area contributed by atoms with Gasteiger partial charge in [0.15, 0.2) is 0 Å². The van der Waals surface area contributed by atoms with Gasteiger partial charge in [-0.3, -0.25) is 0 Å². The molecule has 0 aliphatic rings. The summed E-state index contributed by atoms with van der Waals surface area (Å²) >= 11 is 0. The smallest absolute Gasteiger partial charge is 0.338 e. The van der Waals surface area contributed by atoms with Crippen molar-refractivity contribution in [1.82, 2.24) is 0 Å². The van der Waals surface area contributed by atoms with Gasteiger partial charge >= 0.3 is 11.9 Å². The van der Waals surface area contributed by atoms with Crippen LogP contribution in [0.5, 0.6) is 0 Å². The Morgan fingerprint density at radius 3 is 1.12 bits per heavy atom. The number of carbonyl (C=O) groups is 2. The van der Waals surface area contributed by atoms with Crippen molar-refractivity contribution in [1.29, 1.82) is 0 Å². The van der Waals surface area contributed by atoms with E-state index in [0.717, 1.165) is 22.3 Å². The molecule has 0 radical (unpaired) electrons. The lowest BCUT2D eigenvalue weighted by molar-refractivity contribution is 0.0390. The molecular formula is C28H28F2O4. The van der Waals surface area contributed by atoms with E-state index in [1.165, 1.54) is 0 Å². The van der Waals surface area contributed by atoms with Gasteiger partial charge in [-0.1, -0.05) is 62.4 Å². The van der Waals surface area contributed by atoms with E-state index in [2.05, 4.69) is 0 Å². The van der Waals surface area contributed by atoms with E-state index in [9.17, 15) is 18.4 Å². The van der Waals surface area contributed by atoms with E-state index in [4.69, 9.17) is 9.47 Å². The lowest BCUT2D eigenvalue weighted by Crippen LogP contribution is -2.14. The Bertz CT molecular complexity index is 988. The van der Waals surface area contributed by atoms with Gasteiger partial charge in [0.25, 0.3) is 0 Å². The molecule has 4 nitrogen and oxygen atoms in total. The Balaban J connectivity index is 1.62. The van der Waals surface area contributed by atoms with E-state index < -0.39 is 24.3 Å². The first-order valence-electron chi connectivity index (χ1n) is 11.3. The number of alkyl halides is 2. The standard InChI is InChI=1S/C28H28F2O4/c1-3-25(29)17-33-27(31)23-13-9-21(10-14-23)19-5-7-20(8-6-19)22-11-15-24(16-12-22)28(32)34-18-26(30)4-2/h5-16,25-26H,3-4,17-18H2,1-2H3/t25-,26-/m0/s1. The molecule has 0 saturated heterocycles. The van der Waals surface area contributed by atoms with Gasteiger partial charge < -0.3 is 9.47 Å². The summed E-state index contributed by atoms with van der Waals surface area (Å²) in [5, 5.41) is 0. The topological polar surface area (TPSA) is 52.6 Å². The molecule has 0 unspecified atom stereocenters. The molecule has 0 N–H and O–H groups in total. The first-order valence-corrected chi connectivity index (χ1v) is 11.3. The third-order valence-electron chi connectivity index (χ3n) is 5.47. The van der Waals surface area contributed by atoms with Crippen LogP contribution >= 0.6 is 0 Å². The summed E-state index contributed by atoms with van der Waals surface area (Å²) in [6.07, 6.45) is -1.69. The Morgan fingerprint density at radius 1 is 0.588 bits per heavy atom. The van der Waals surface area contributed by atoms with E-state index in [1.54, 1.807) is 38.1 Å². The summed E-state index contributed by atoms with van der Waals surface area (Å²) in [6, 6.07) is 21.8. The Kier molecular flexibility index (Phi) is 8.91. The van der Waals surface area contributed by atoms with Gasteiger partial charge in [0, 0.05) is 0 Å². The first-order chi connectivity index (χ1) is 16.4. The van der Waals surface area contributed by atoms with E-state index in [0.29, 0.717) is 24.0 Å². The highest BCUT2D eigenvalue weighted by molar-refractivity contribution is 5.91. The molecule has 34 heavy (non-hydrogen) atoms. The van der Waals surface area contributed by atoms with Crippen molar-refractivity contribution < 1.29 is 27.8 Å². The molecule has 0 amide bonds. The SMILES string of the molecule is CC[C@H](F)COC(=O)c1ccc(-c2ccc(-c3ccc(C(=O)OC[C@@H](F)CC)cc3)cc2)cc1. The summed E-state index contributed by atoms with van der Waals surface area (Å²) in [4.78, 5) is 24.1. The zero-order valence-corrected chi connectivity index (χ0v) is 19.3. The predicted molar refractivity (Wildman–Crippen MR) is 128 cm³/mol. The number of carbonyl (C=O) groups excluding carboxylic acids is 2. The molecule has 0 aromatic heterocycles. The van der Waals surface area contributed by atoms with E-state index >= 15 is 0 Å². The Morgan fingerprint density at radius 2 is 0.853 bits per heavy atom. The second-order valence-electron chi connectivity index (χ2n) is 7.94. The van der Waals surface area contributed by atoms with Crippen LogP contribution in [0.25, 0.3) is 22.3 Å². The van der Waals surface area contributed by atoms with Crippen LogP contribution in [0.1, 0.15) is 47.4 Å². The van der Waals surface area contributed by atoms with Gasteiger partial charge in [-0.05, 0) is 59.4 Å². The fourth-order valence-electron chi connectivity index (χ4n) is 3.19. The lowest BCUT2D eigenvalue weighted by atomic mass is 9.99. The van der Waals surface area contributed by atoms with Crippen molar-refractivity contribution in [2.24, 2.45) is 0 Å². The predicted octanol–water partition coefficient (Wildman–Crippen LogP) is 6.83. The molecule has 0 saturated carbocycles. The number of rotatable bonds is 10. The third-order valence-corrected chi connectivity index (χ3v) is 5.47. The monoisotopic (exact) mass is 466 g/mol.